The summed E-state index contributed by atoms with van der Waals surface area (Å²) in [5.41, 5.74) is 0.729. The molecular formula is C17H17ClN2O4S2. The van der Waals surface area contributed by atoms with Crippen molar-refractivity contribution in [3.8, 4) is 5.75 Å². The van der Waals surface area contributed by atoms with Gasteiger partial charge >= 0.3 is 0 Å². The van der Waals surface area contributed by atoms with Gasteiger partial charge in [0.2, 0.25) is 5.91 Å². The van der Waals surface area contributed by atoms with Crippen molar-refractivity contribution in [2.75, 3.05) is 17.1 Å². The molecule has 1 aliphatic rings. The number of ether oxygens (including phenoxy) is 1. The molecule has 0 saturated heterocycles. The zero-order chi connectivity index (χ0) is 18.9. The predicted octanol–water partition coefficient (Wildman–Crippen LogP) is 3.97. The van der Waals surface area contributed by atoms with Crippen LogP contribution < -0.4 is 14.8 Å². The van der Waals surface area contributed by atoms with Crippen LogP contribution in [0.25, 0.3) is 0 Å². The van der Waals surface area contributed by atoms with E-state index in [9.17, 15) is 13.2 Å². The molecule has 1 aliphatic heterocycles. The van der Waals surface area contributed by atoms with E-state index in [-0.39, 0.29) is 21.7 Å². The van der Waals surface area contributed by atoms with Gasteiger partial charge in [-0.25, -0.2) is 8.42 Å². The smallest absolute Gasteiger partial charge is 0.262 e. The number of carbonyl (C=O) groups is 1. The van der Waals surface area contributed by atoms with E-state index in [1.807, 2.05) is 6.92 Å². The number of hydrogen-bond donors (Lipinski definition) is 2. The van der Waals surface area contributed by atoms with E-state index in [1.54, 1.807) is 18.2 Å². The van der Waals surface area contributed by atoms with Crippen molar-refractivity contribution < 1.29 is 17.9 Å². The Morgan fingerprint density at radius 2 is 2.04 bits per heavy atom. The van der Waals surface area contributed by atoms with Crippen molar-refractivity contribution in [2.24, 2.45) is 0 Å². The highest BCUT2D eigenvalue weighted by molar-refractivity contribution is 8.00. The fraction of sp³-hybridized carbons (Fsp3) is 0.235. The van der Waals surface area contributed by atoms with Gasteiger partial charge in [0.05, 0.1) is 23.4 Å². The van der Waals surface area contributed by atoms with E-state index in [0.717, 1.165) is 4.90 Å². The second-order valence-corrected chi connectivity index (χ2v) is 9.39. The zero-order valence-corrected chi connectivity index (χ0v) is 16.5. The number of amides is 1. The first-order valence-corrected chi connectivity index (χ1v) is 10.5. The van der Waals surface area contributed by atoms with E-state index in [1.165, 1.54) is 37.1 Å². The number of sulfonamides is 1. The summed E-state index contributed by atoms with van der Waals surface area (Å²) in [5, 5.41) is 3.26. The molecular weight excluding hydrogens is 396 g/mol. The molecule has 6 nitrogen and oxygen atoms in total. The van der Waals surface area contributed by atoms with Gasteiger partial charge in [-0.05, 0) is 36.4 Å². The van der Waals surface area contributed by atoms with Gasteiger partial charge in [-0.3, -0.25) is 9.52 Å². The summed E-state index contributed by atoms with van der Waals surface area (Å²) >= 11 is 7.48. The molecule has 0 spiro atoms. The molecule has 2 aromatic rings. The molecule has 1 heterocycles. The number of hydrogen-bond acceptors (Lipinski definition) is 5. The Labute approximate surface area is 161 Å². The highest BCUT2D eigenvalue weighted by Gasteiger charge is 2.23. The van der Waals surface area contributed by atoms with E-state index in [0.29, 0.717) is 22.9 Å². The fourth-order valence-electron chi connectivity index (χ4n) is 2.56. The molecule has 0 aliphatic carbocycles. The first-order chi connectivity index (χ1) is 12.3. The lowest BCUT2D eigenvalue weighted by atomic mass is 10.3. The molecule has 0 fully saturated rings. The molecule has 0 radical (unpaired) electrons. The van der Waals surface area contributed by atoms with Crippen molar-refractivity contribution in [1.82, 2.24) is 0 Å². The SMILES string of the molecule is COc1ccc(Cl)cc1NS(=O)(=O)c1ccc2c(c1)NC(=O)CC(C)S2. The second kappa shape index (κ2) is 7.38. The summed E-state index contributed by atoms with van der Waals surface area (Å²) < 4.78 is 33.2. The topological polar surface area (TPSA) is 84.5 Å². The molecule has 1 amide bonds. The molecule has 9 heteroatoms. The van der Waals surface area contributed by atoms with Gasteiger partial charge in [-0.2, -0.15) is 0 Å². The summed E-state index contributed by atoms with van der Waals surface area (Å²) in [6, 6.07) is 9.32. The number of halogens is 1. The lowest BCUT2D eigenvalue weighted by molar-refractivity contribution is -0.116. The average Bonchev–Trinajstić information content (AvgIpc) is 2.70. The number of thioether (sulfide) groups is 1. The van der Waals surface area contributed by atoms with Crippen molar-refractivity contribution in [3.63, 3.8) is 0 Å². The Hall–Kier alpha value is -1.90. The fourth-order valence-corrected chi connectivity index (χ4v) is 4.87. The maximum atomic E-state index is 12.8. The predicted molar refractivity (Wildman–Crippen MR) is 104 cm³/mol. The van der Waals surface area contributed by atoms with E-state index >= 15 is 0 Å². The van der Waals surface area contributed by atoms with Crippen LogP contribution in [-0.2, 0) is 14.8 Å². The van der Waals surface area contributed by atoms with Gasteiger partial charge in [0.15, 0.2) is 0 Å². The third-order valence-electron chi connectivity index (χ3n) is 3.74. The first-order valence-electron chi connectivity index (χ1n) is 7.75. The van der Waals surface area contributed by atoms with Gasteiger partial charge in [0.1, 0.15) is 5.75 Å². The Balaban J connectivity index is 1.96. The first kappa shape index (κ1) is 18.9. The van der Waals surface area contributed by atoms with Crippen LogP contribution in [0.3, 0.4) is 0 Å². The standard InChI is InChI=1S/C17H17ClN2O4S2/c1-10-7-17(21)19-14-9-12(4-6-16(14)25-10)26(22,23)20-13-8-11(18)3-5-15(13)24-2/h3-6,8-10,20H,7H2,1-2H3,(H,19,21). The highest BCUT2D eigenvalue weighted by atomic mass is 35.5. The summed E-state index contributed by atoms with van der Waals surface area (Å²) in [5.74, 6) is 0.216. The third-order valence-corrected chi connectivity index (χ3v) is 6.52. The molecule has 1 unspecified atom stereocenters. The molecule has 0 aromatic heterocycles. The molecule has 2 N–H and O–H groups in total. The van der Waals surface area contributed by atoms with Crippen molar-refractivity contribution in [2.45, 2.75) is 28.4 Å². The van der Waals surface area contributed by atoms with Crippen LogP contribution >= 0.6 is 23.4 Å². The van der Waals surface area contributed by atoms with Crippen molar-refractivity contribution in [1.29, 1.82) is 0 Å². The molecule has 2 aromatic carbocycles. The van der Waals surface area contributed by atoms with Crippen LogP contribution in [0, 0.1) is 0 Å². The molecule has 26 heavy (non-hydrogen) atoms. The normalized spacial score (nSPS) is 17.0. The minimum atomic E-state index is -3.89. The maximum Gasteiger partial charge on any atom is 0.262 e. The Morgan fingerprint density at radius 3 is 2.77 bits per heavy atom. The quantitative estimate of drug-likeness (QED) is 0.793. The van der Waals surface area contributed by atoms with Crippen LogP contribution in [0.15, 0.2) is 46.2 Å². The van der Waals surface area contributed by atoms with Crippen molar-refractivity contribution in [3.05, 3.63) is 41.4 Å². The number of benzene rings is 2. The number of carbonyl (C=O) groups excluding carboxylic acids is 1. The Kier molecular flexibility index (Phi) is 5.36. The van der Waals surface area contributed by atoms with Gasteiger partial charge in [0.25, 0.3) is 10.0 Å². The molecule has 138 valence electrons. The summed E-state index contributed by atoms with van der Waals surface area (Å²) in [6.07, 6.45) is 0.374. The number of anilines is 2. The number of rotatable bonds is 4. The Morgan fingerprint density at radius 1 is 1.27 bits per heavy atom. The van der Waals surface area contributed by atoms with Crippen molar-refractivity contribution >= 4 is 50.7 Å². The number of methoxy groups -OCH3 is 1. The highest BCUT2D eigenvalue weighted by Crippen LogP contribution is 2.37. The lowest BCUT2D eigenvalue weighted by Gasteiger charge is -2.14. The van der Waals surface area contributed by atoms with Crippen LogP contribution in [-0.4, -0.2) is 26.7 Å². The minimum Gasteiger partial charge on any atom is -0.495 e. The maximum absolute atomic E-state index is 12.8. The monoisotopic (exact) mass is 412 g/mol. The number of fused-ring (bicyclic) bond motifs is 1. The van der Waals surface area contributed by atoms with Gasteiger partial charge in [-0.1, -0.05) is 18.5 Å². The van der Waals surface area contributed by atoms with Gasteiger partial charge in [-0.15, -0.1) is 11.8 Å². The second-order valence-electron chi connectivity index (χ2n) is 5.79. The Bertz CT molecular complexity index is 963. The summed E-state index contributed by atoms with van der Waals surface area (Å²) in [7, 11) is -2.45. The van der Waals surface area contributed by atoms with Crippen LogP contribution in [0.2, 0.25) is 5.02 Å². The van der Waals surface area contributed by atoms with Gasteiger partial charge in [0, 0.05) is 21.6 Å². The third kappa shape index (κ3) is 4.08. The molecule has 0 bridgehead atoms. The molecule has 0 saturated carbocycles. The summed E-state index contributed by atoms with van der Waals surface area (Å²) in [6.45, 7) is 1.96. The minimum absolute atomic E-state index is 0.0359. The van der Waals surface area contributed by atoms with E-state index < -0.39 is 10.0 Å². The molecule has 3 rings (SSSR count). The van der Waals surface area contributed by atoms with Crippen LogP contribution in [0.4, 0.5) is 11.4 Å². The van der Waals surface area contributed by atoms with Crippen LogP contribution in [0.1, 0.15) is 13.3 Å². The van der Waals surface area contributed by atoms with E-state index in [4.69, 9.17) is 16.3 Å². The number of nitrogens with one attached hydrogen (secondary N) is 2. The lowest BCUT2D eigenvalue weighted by Crippen LogP contribution is -2.15. The average molecular weight is 413 g/mol. The van der Waals surface area contributed by atoms with Gasteiger partial charge < -0.3 is 10.1 Å². The molecule has 1 atom stereocenters. The largest absolute Gasteiger partial charge is 0.495 e. The summed E-state index contributed by atoms with van der Waals surface area (Å²) in [4.78, 5) is 12.8. The van der Waals surface area contributed by atoms with E-state index in [2.05, 4.69) is 10.0 Å². The van der Waals surface area contributed by atoms with Crippen LogP contribution in [0.5, 0.6) is 5.75 Å². The zero-order valence-electron chi connectivity index (χ0n) is 14.1.